The van der Waals surface area contributed by atoms with E-state index in [4.69, 9.17) is 5.26 Å². The van der Waals surface area contributed by atoms with Crippen molar-refractivity contribution >= 4 is 0 Å². The molecule has 0 aromatic carbocycles. The minimum atomic E-state index is 0.443. The Balaban J connectivity index is 2.48. The Morgan fingerprint density at radius 3 is 2.93 bits per heavy atom. The lowest BCUT2D eigenvalue weighted by atomic mass is 10.0. The van der Waals surface area contributed by atoms with E-state index in [0.717, 1.165) is 19.5 Å². The van der Waals surface area contributed by atoms with E-state index in [1.54, 1.807) is 0 Å². The summed E-state index contributed by atoms with van der Waals surface area (Å²) in [5.41, 5.74) is 0. The molecule has 1 heterocycles. The minimum Gasteiger partial charge on any atom is -0.317 e. The maximum absolute atomic E-state index is 8.78. The highest BCUT2D eigenvalue weighted by Gasteiger charge is 2.22. The fraction of sp³-hybridized carbons (Fsp3) is 0.917. The van der Waals surface area contributed by atoms with Crippen molar-refractivity contribution < 1.29 is 0 Å². The lowest BCUT2D eigenvalue weighted by Gasteiger charge is -2.33. The van der Waals surface area contributed by atoms with Crippen LogP contribution in [0.15, 0.2) is 0 Å². The Bertz CT molecular complexity index is 201. The number of nitriles is 1. The highest BCUT2D eigenvalue weighted by atomic mass is 15.2. The van der Waals surface area contributed by atoms with Gasteiger partial charge in [-0.05, 0) is 45.8 Å². The summed E-state index contributed by atoms with van der Waals surface area (Å²) in [6.07, 6.45) is 5.49. The molecule has 15 heavy (non-hydrogen) atoms. The molecular weight excluding hydrogens is 186 g/mol. The van der Waals surface area contributed by atoms with Gasteiger partial charge in [-0.15, -0.1) is 0 Å². The number of hydrogen-bond donors (Lipinski definition) is 1. The first-order chi connectivity index (χ1) is 7.29. The lowest BCUT2D eigenvalue weighted by molar-refractivity contribution is 0.157. The molecule has 2 unspecified atom stereocenters. The van der Waals surface area contributed by atoms with Crippen molar-refractivity contribution in [2.75, 3.05) is 20.1 Å². The monoisotopic (exact) mass is 209 g/mol. The zero-order chi connectivity index (χ0) is 11.1. The first-order valence-corrected chi connectivity index (χ1v) is 6.09. The average Bonchev–Trinajstić information content (AvgIpc) is 2.53. The Morgan fingerprint density at radius 2 is 2.27 bits per heavy atom. The summed E-state index contributed by atoms with van der Waals surface area (Å²) in [6, 6.07) is 3.40. The Labute approximate surface area is 93.5 Å². The second-order valence-electron chi connectivity index (χ2n) is 4.42. The van der Waals surface area contributed by atoms with E-state index in [1.807, 2.05) is 0 Å². The zero-order valence-electron chi connectivity index (χ0n) is 10.00. The molecule has 1 N–H and O–H groups in total. The quantitative estimate of drug-likeness (QED) is 0.766. The van der Waals surface area contributed by atoms with Crippen molar-refractivity contribution in [2.45, 2.75) is 51.1 Å². The SMILES string of the molecule is CCC(CC#N)N(C)C1CCCNCC1. The van der Waals surface area contributed by atoms with Gasteiger partial charge in [-0.2, -0.15) is 5.26 Å². The van der Waals surface area contributed by atoms with Gasteiger partial charge in [0.2, 0.25) is 0 Å². The van der Waals surface area contributed by atoms with Crippen LogP contribution >= 0.6 is 0 Å². The Morgan fingerprint density at radius 1 is 1.47 bits per heavy atom. The third-order valence-corrected chi connectivity index (χ3v) is 3.50. The topological polar surface area (TPSA) is 39.1 Å². The van der Waals surface area contributed by atoms with E-state index in [9.17, 15) is 0 Å². The number of nitrogens with one attached hydrogen (secondary N) is 1. The normalized spacial score (nSPS) is 24.5. The second kappa shape index (κ2) is 6.81. The van der Waals surface area contributed by atoms with Crippen molar-refractivity contribution in [1.29, 1.82) is 5.26 Å². The number of nitrogens with zero attached hydrogens (tertiary/aromatic N) is 2. The van der Waals surface area contributed by atoms with Gasteiger partial charge < -0.3 is 5.32 Å². The van der Waals surface area contributed by atoms with Gasteiger partial charge in [-0.1, -0.05) is 6.92 Å². The predicted molar refractivity (Wildman–Crippen MR) is 62.6 cm³/mol. The van der Waals surface area contributed by atoms with E-state index in [0.29, 0.717) is 18.5 Å². The number of hydrogen-bond acceptors (Lipinski definition) is 3. The molecule has 0 aromatic heterocycles. The standard InChI is InChI=1S/C12H23N3/c1-3-11(6-8-13)15(2)12-5-4-9-14-10-7-12/h11-12,14H,3-7,9-10H2,1-2H3. The van der Waals surface area contributed by atoms with Crippen molar-refractivity contribution in [1.82, 2.24) is 10.2 Å². The van der Waals surface area contributed by atoms with Gasteiger partial charge in [-0.3, -0.25) is 4.90 Å². The van der Waals surface area contributed by atoms with Crippen LogP contribution < -0.4 is 5.32 Å². The summed E-state index contributed by atoms with van der Waals surface area (Å²) in [6.45, 7) is 4.45. The molecule has 1 aliphatic rings. The van der Waals surface area contributed by atoms with E-state index in [-0.39, 0.29) is 0 Å². The zero-order valence-corrected chi connectivity index (χ0v) is 10.00. The first-order valence-electron chi connectivity index (χ1n) is 6.09. The van der Waals surface area contributed by atoms with Gasteiger partial charge in [-0.25, -0.2) is 0 Å². The van der Waals surface area contributed by atoms with Gasteiger partial charge in [0.1, 0.15) is 0 Å². The Kier molecular flexibility index (Phi) is 5.67. The maximum Gasteiger partial charge on any atom is 0.0638 e. The van der Waals surface area contributed by atoms with Crippen LogP contribution in [0.25, 0.3) is 0 Å². The van der Waals surface area contributed by atoms with Gasteiger partial charge >= 0.3 is 0 Å². The molecule has 0 spiro atoms. The molecule has 2 atom stereocenters. The molecule has 1 saturated heterocycles. The molecule has 0 amide bonds. The van der Waals surface area contributed by atoms with E-state index in [1.165, 1.54) is 19.3 Å². The van der Waals surface area contributed by atoms with Crippen molar-refractivity contribution in [3.8, 4) is 6.07 Å². The average molecular weight is 209 g/mol. The summed E-state index contributed by atoms with van der Waals surface area (Å²) in [5, 5.41) is 12.2. The molecule has 1 rings (SSSR count). The molecule has 0 radical (unpaired) electrons. The molecule has 0 saturated carbocycles. The lowest BCUT2D eigenvalue weighted by Crippen LogP contribution is -2.40. The van der Waals surface area contributed by atoms with Crippen LogP contribution in [0.5, 0.6) is 0 Å². The van der Waals surface area contributed by atoms with Gasteiger partial charge in [0.25, 0.3) is 0 Å². The molecular formula is C12H23N3. The molecule has 0 aromatic rings. The van der Waals surface area contributed by atoms with Crippen LogP contribution in [0, 0.1) is 11.3 Å². The van der Waals surface area contributed by atoms with E-state index >= 15 is 0 Å². The highest BCUT2D eigenvalue weighted by Crippen LogP contribution is 2.17. The van der Waals surface area contributed by atoms with Crippen LogP contribution in [0.3, 0.4) is 0 Å². The number of rotatable bonds is 4. The largest absolute Gasteiger partial charge is 0.317 e. The fourth-order valence-corrected chi connectivity index (χ4v) is 2.39. The van der Waals surface area contributed by atoms with E-state index in [2.05, 4.69) is 30.3 Å². The van der Waals surface area contributed by atoms with E-state index < -0.39 is 0 Å². The summed E-state index contributed by atoms with van der Waals surface area (Å²) in [5.74, 6) is 0. The molecule has 1 fully saturated rings. The smallest absolute Gasteiger partial charge is 0.0638 e. The van der Waals surface area contributed by atoms with Crippen molar-refractivity contribution in [2.24, 2.45) is 0 Å². The molecule has 86 valence electrons. The molecule has 0 bridgehead atoms. The molecule has 1 aliphatic heterocycles. The highest BCUT2D eigenvalue weighted by molar-refractivity contribution is 4.85. The van der Waals surface area contributed by atoms with Crippen LogP contribution in [-0.4, -0.2) is 37.1 Å². The summed E-state index contributed by atoms with van der Waals surface area (Å²) in [4.78, 5) is 2.43. The second-order valence-corrected chi connectivity index (χ2v) is 4.42. The van der Waals surface area contributed by atoms with Crippen molar-refractivity contribution in [3.05, 3.63) is 0 Å². The summed E-state index contributed by atoms with van der Waals surface area (Å²) < 4.78 is 0. The molecule has 3 heteroatoms. The molecule has 3 nitrogen and oxygen atoms in total. The van der Waals surface area contributed by atoms with Gasteiger partial charge in [0.15, 0.2) is 0 Å². The van der Waals surface area contributed by atoms with Gasteiger partial charge in [0, 0.05) is 12.1 Å². The Hall–Kier alpha value is -0.590. The molecule has 0 aliphatic carbocycles. The van der Waals surface area contributed by atoms with Crippen LogP contribution in [0.1, 0.15) is 39.0 Å². The third-order valence-electron chi connectivity index (χ3n) is 3.50. The summed E-state index contributed by atoms with van der Waals surface area (Å²) >= 11 is 0. The van der Waals surface area contributed by atoms with Gasteiger partial charge in [0.05, 0.1) is 12.5 Å². The van der Waals surface area contributed by atoms with Crippen LogP contribution in [0.4, 0.5) is 0 Å². The third kappa shape index (κ3) is 3.81. The first kappa shape index (κ1) is 12.5. The van der Waals surface area contributed by atoms with Crippen molar-refractivity contribution in [3.63, 3.8) is 0 Å². The maximum atomic E-state index is 8.78. The van der Waals surface area contributed by atoms with Crippen LogP contribution in [0.2, 0.25) is 0 Å². The minimum absolute atomic E-state index is 0.443. The predicted octanol–water partition coefficient (Wildman–Crippen LogP) is 1.75. The van der Waals surface area contributed by atoms with Crippen LogP contribution in [-0.2, 0) is 0 Å². The summed E-state index contributed by atoms with van der Waals surface area (Å²) in [7, 11) is 2.18. The fourth-order valence-electron chi connectivity index (χ4n) is 2.39.